The van der Waals surface area contributed by atoms with Crippen LogP contribution in [0, 0.1) is 0 Å². The molecule has 1 heterocycles. The first kappa shape index (κ1) is 15.6. The van der Waals surface area contributed by atoms with Gasteiger partial charge in [0.05, 0.1) is 19.8 Å². The highest BCUT2D eigenvalue weighted by Gasteiger charge is 2.22. The van der Waals surface area contributed by atoms with E-state index in [1.165, 1.54) is 0 Å². The van der Waals surface area contributed by atoms with Gasteiger partial charge in [0.25, 0.3) is 0 Å². The van der Waals surface area contributed by atoms with Crippen LogP contribution in [0.3, 0.4) is 0 Å². The summed E-state index contributed by atoms with van der Waals surface area (Å²) in [5, 5.41) is 3.23. The lowest BCUT2D eigenvalue weighted by molar-refractivity contribution is -0.135. The van der Waals surface area contributed by atoms with Crippen LogP contribution >= 0.6 is 0 Å². The van der Waals surface area contributed by atoms with Gasteiger partial charge in [0.1, 0.15) is 11.8 Å². The third-order valence-corrected chi connectivity index (χ3v) is 3.40. The molecule has 5 nitrogen and oxygen atoms in total. The number of carbonyl (C=O) groups is 1. The second-order valence-corrected chi connectivity index (χ2v) is 5.18. The van der Waals surface area contributed by atoms with E-state index >= 15 is 0 Å². The molecule has 1 N–H and O–H groups in total. The van der Waals surface area contributed by atoms with Crippen molar-refractivity contribution in [2.75, 3.05) is 38.2 Å². The van der Waals surface area contributed by atoms with Gasteiger partial charge < -0.3 is 19.7 Å². The fraction of sp³-hybridized carbons (Fsp3) is 0.562. The molecule has 0 radical (unpaired) electrons. The molecule has 5 heteroatoms. The molecule has 1 amide bonds. The van der Waals surface area contributed by atoms with Gasteiger partial charge in [0.2, 0.25) is 5.91 Å². The molecule has 0 bridgehead atoms. The lowest BCUT2D eigenvalue weighted by Crippen LogP contribution is -2.46. The van der Waals surface area contributed by atoms with Crippen molar-refractivity contribution in [3.8, 4) is 5.75 Å². The smallest absolute Gasteiger partial charge is 0.244 e. The first-order valence-corrected chi connectivity index (χ1v) is 7.56. The van der Waals surface area contributed by atoms with E-state index in [0.717, 1.165) is 24.5 Å². The van der Waals surface area contributed by atoms with Crippen molar-refractivity contribution in [2.24, 2.45) is 0 Å². The second kappa shape index (κ2) is 7.88. The monoisotopic (exact) mass is 292 g/mol. The number of nitrogens with one attached hydrogen (secondary N) is 1. The Balaban J connectivity index is 1.86. The number of carbonyl (C=O) groups excluding carboxylic acids is 1. The Bertz CT molecular complexity index is 441. The molecule has 116 valence electrons. The minimum absolute atomic E-state index is 0.115. The van der Waals surface area contributed by atoms with E-state index in [0.29, 0.717) is 26.3 Å². The highest BCUT2D eigenvalue weighted by molar-refractivity contribution is 5.84. The molecule has 1 saturated heterocycles. The van der Waals surface area contributed by atoms with Crippen molar-refractivity contribution in [3.63, 3.8) is 0 Å². The summed E-state index contributed by atoms with van der Waals surface area (Å²) in [5.41, 5.74) is 0.924. The Hall–Kier alpha value is -1.75. The van der Waals surface area contributed by atoms with Crippen molar-refractivity contribution in [2.45, 2.75) is 26.3 Å². The zero-order valence-electron chi connectivity index (χ0n) is 12.8. The Morgan fingerprint density at radius 1 is 1.33 bits per heavy atom. The summed E-state index contributed by atoms with van der Waals surface area (Å²) in [7, 11) is 0. The lowest BCUT2D eigenvalue weighted by Gasteiger charge is -2.29. The highest BCUT2D eigenvalue weighted by Crippen LogP contribution is 2.17. The molecule has 1 aromatic carbocycles. The minimum Gasteiger partial charge on any atom is -0.494 e. The van der Waals surface area contributed by atoms with Crippen LogP contribution in [0.25, 0.3) is 0 Å². The average Bonchev–Trinajstić information content (AvgIpc) is 2.54. The van der Waals surface area contributed by atoms with Crippen LogP contribution in [0.2, 0.25) is 0 Å². The molecule has 0 aromatic heterocycles. The van der Waals surface area contributed by atoms with Gasteiger partial charge in [-0.15, -0.1) is 0 Å². The zero-order chi connectivity index (χ0) is 15.1. The number of hydrogen-bond acceptors (Lipinski definition) is 4. The standard InChI is InChI=1S/C16H24N2O3/c1-3-10-21-15-6-4-14(5-7-15)17-13(2)16(19)18-8-11-20-12-9-18/h4-7,13,17H,3,8-12H2,1-2H3. The van der Waals surface area contributed by atoms with E-state index in [1.54, 1.807) is 0 Å². The molecule has 1 aromatic rings. The minimum atomic E-state index is -0.245. The summed E-state index contributed by atoms with van der Waals surface area (Å²) < 4.78 is 10.8. The molecular weight excluding hydrogens is 268 g/mol. The normalized spacial score (nSPS) is 16.4. The van der Waals surface area contributed by atoms with Crippen molar-refractivity contribution < 1.29 is 14.3 Å². The predicted molar refractivity (Wildman–Crippen MR) is 82.7 cm³/mol. The van der Waals surface area contributed by atoms with Gasteiger partial charge in [0, 0.05) is 18.8 Å². The molecule has 1 aliphatic heterocycles. The second-order valence-electron chi connectivity index (χ2n) is 5.18. The summed E-state index contributed by atoms with van der Waals surface area (Å²) in [6.45, 7) is 7.29. The topological polar surface area (TPSA) is 50.8 Å². The van der Waals surface area contributed by atoms with Gasteiger partial charge in [0.15, 0.2) is 0 Å². The van der Waals surface area contributed by atoms with Crippen molar-refractivity contribution in [1.29, 1.82) is 0 Å². The Kier molecular flexibility index (Phi) is 5.87. The predicted octanol–water partition coefficient (Wildman–Crippen LogP) is 2.13. The fourth-order valence-electron chi connectivity index (χ4n) is 2.24. The van der Waals surface area contributed by atoms with Crippen molar-refractivity contribution in [1.82, 2.24) is 4.90 Å². The maximum absolute atomic E-state index is 12.3. The third-order valence-electron chi connectivity index (χ3n) is 3.40. The van der Waals surface area contributed by atoms with Crippen LogP contribution in [0.15, 0.2) is 24.3 Å². The number of amides is 1. The summed E-state index contributed by atoms with van der Waals surface area (Å²) >= 11 is 0. The van der Waals surface area contributed by atoms with Gasteiger partial charge in [-0.3, -0.25) is 4.79 Å². The molecule has 0 spiro atoms. The number of morpholine rings is 1. The Labute approximate surface area is 126 Å². The number of rotatable bonds is 6. The summed E-state index contributed by atoms with van der Waals surface area (Å²) in [4.78, 5) is 14.1. The number of benzene rings is 1. The number of anilines is 1. The van der Waals surface area contributed by atoms with Gasteiger partial charge in [-0.05, 0) is 37.6 Å². The number of hydrogen-bond donors (Lipinski definition) is 1. The van der Waals surface area contributed by atoms with E-state index < -0.39 is 0 Å². The van der Waals surface area contributed by atoms with Gasteiger partial charge in [-0.25, -0.2) is 0 Å². The first-order chi connectivity index (χ1) is 10.2. The van der Waals surface area contributed by atoms with Crippen LogP contribution in [-0.4, -0.2) is 49.8 Å². The van der Waals surface area contributed by atoms with E-state index in [-0.39, 0.29) is 11.9 Å². The Morgan fingerprint density at radius 3 is 2.62 bits per heavy atom. The zero-order valence-corrected chi connectivity index (χ0v) is 12.8. The molecule has 21 heavy (non-hydrogen) atoms. The molecule has 0 aliphatic carbocycles. The van der Waals surface area contributed by atoms with Crippen LogP contribution in [0.1, 0.15) is 20.3 Å². The van der Waals surface area contributed by atoms with Crippen LogP contribution in [-0.2, 0) is 9.53 Å². The van der Waals surface area contributed by atoms with Gasteiger partial charge >= 0.3 is 0 Å². The molecule has 1 atom stereocenters. The maximum Gasteiger partial charge on any atom is 0.244 e. The SMILES string of the molecule is CCCOc1ccc(NC(C)C(=O)N2CCOCC2)cc1. The molecule has 1 fully saturated rings. The van der Waals surface area contributed by atoms with Crippen LogP contribution in [0.5, 0.6) is 5.75 Å². The third kappa shape index (κ3) is 4.63. The number of nitrogens with zero attached hydrogens (tertiary/aromatic N) is 1. The van der Waals surface area contributed by atoms with E-state index in [9.17, 15) is 4.79 Å². The number of ether oxygens (including phenoxy) is 2. The van der Waals surface area contributed by atoms with Crippen molar-refractivity contribution >= 4 is 11.6 Å². The van der Waals surface area contributed by atoms with Gasteiger partial charge in [-0.1, -0.05) is 6.92 Å². The largest absolute Gasteiger partial charge is 0.494 e. The molecule has 0 saturated carbocycles. The summed E-state index contributed by atoms with van der Waals surface area (Å²) in [6, 6.07) is 7.47. The van der Waals surface area contributed by atoms with Crippen LogP contribution in [0.4, 0.5) is 5.69 Å². The maximum atomic E-state index is 12.3. The Morgan fingerprint density at radius 2 is 2.00 bits per heavy atom. The quantitative estimate of drug-likeness (QED) is 0.872. The first-order valence-electron chi connectivity index (χ1n) is 7.56. The van der Waals surface area contributed by atoms with E-state index in [4.69, 9.17) is 9.47 Å². The van der Waals surface area contributed by atoms with Gasteiger partial charge in [-0.2, -0.15) is 0 Å². The van der Waals surface area contributed by atoms with Crippen molar-refractivity contribution in [3.05, 3.63) is 24.3 Å². The van der Waals surface area contributed by atoms with E-state index in [1.807, 2.05) is 36.1 Å². The fourth-order valence-corrected chi connectivity index (χ4v) is 2.24. The lowest BCUT2D eigenvalue weighted by atomic mass is 10.2. The molecule has 1 unspecified atom stereocenters. The molecule has 2 rings (SSSR count). The average molecular weight is 292 g/mol. The summed E-state index contributed by atoms with van der Waals surface area (Å²) in [6.07, 6.45) is 0.991. The molecular formula is C16H24N2O3. The highest BCUT2D eigenvalue weighted by atomic mass is 16.5. The van der Waals surface area contributed by atoms with Crippen LogP contribution < -0.4 is 10.1 Å². The van der Waals surface area contributed by atoms with E-state index in [2.05, 4.69) is 12.2 Å². The molecule has 1 aliphatic rings. The summed E-state index contributed by atoms with van der Waals surface area (Å²) in [5.74, 6) is 0.971.